The van der Waals surface area contributed by atoms with Crippen LogP contribution in [0.5, 0.6) is 5.75 Å². The number of hydrogen-bond donors (Lipinski definition) is 1. The molecule has 0 bridgehead atoms. The molecule has 5 nitrogen and oxygen atoms in total. The zero-order valence-corrected chi connectivity index (χ0v) is 12.6. The number of aromatic nitrogens is 1. The molecular weight excluding hydrogens is 302 g/mol. The summed E-state index contributed by atoms with van der Waals surface area (Å²) >= 11 is 0. The molecule has 22 heavy (non-hydrogen) atoms. The maximum absolute atomic E-state index is 12.5. The summed E-state index contributed by atoms with van der Waals surface area (Å²) in [5.41, 5.74) is 2.67. The number of rotatable bonds is 1. The molecule has 0 saturated carbocycles. The quantitative estimate of drug-likeness (QED) is 0.873. The number of benzene rings is 1. The van der Waals surface area contributed by atoms with E-state index < -0.39 is 10.8 Å². The predicted molar refractivity (Wildman–Crippen MR) is 83.6 cm³/mol. The molecule has 0 saturated heterocycles. The van der Waals surface area contributed by atoms with Crippen molar-refractivity contribution in [1.82, 2.24) is 4.73 Å². The molecule has 2 aliphatic rings. The van der Waals surface area contributed by atoms with Gasteiger partial charge in [0.2, 0.25) is 0 Å². The first kappa shape index (κ1) is 13.3. The van der Waals surface area contributed by atoms with Crippen LogP contribution in [0.1, 0.15) is 17.7 Å². The van der Waals surface area contributed by atoms with Crippen molar-refractivity contribution < 1.29 is 18.9 Å². The minimum Gasteiger partial charge on any atom is -0.508 e. The summed E-state index contributed by atoms with van der Waals surface area (Å²) in [4.78, 5) is 18.4. The summed E-state index contributed by atoms with van der Waals surface area (Å²) in [6.45, 7) is 0. The zero-order valence-electron chi connectivity index (χ0n) is 11.8. The Morgan fingerprint density at radius 2 is 2.18 bits per heavy atom. The van der Waals surface area contributed by atoms with Crippen LogP contribution >= 0.6 is 0 Å². The summed E-state index contributed by atoms with van der Waals surface area (Å²) in [7, 11) is 0.261. The summed E-state index contributed by atoms with van der Waals surface area (Å²) < 4.78 is 14.1. The zero-order chi connectivity index (χ0) is 15.4. The van der Waals surface area contributed by atoms with E-state index in [2.05, 4.69) is 0 Å². The fraction of sp³-hybridized carbons (Fsp3) is 0.188. The lowest BCUT2D eigenvalue weighted by Crippen LogP contribution is -2.21. The largest absolute Gasteiger partial charge is 0.508 e. The van der Waals surface area contributed by atoms with Crippen molar-refractivity contribution >= 4 is 33.1 Å². The molecule has 1 aliphatic carbocycles. The third-order valence-electron chi connectivity index (χ3n) is 4.05. The molecule has 0 fully saturated rings. The van der Waals surface area contributed by atoms with Gasteiger partial charge in [-0.25, -0.2) is 0 Å². The maximum atomic E-state index is 12.5. The highest BCUT2D eigenvalue weighted by molar-refractivity contribution is 7.88. The van der Waals surface area contributed by atoms with E-state index in [9.17, 15) is 14.1 Å². The predicted octanol–water partition coefficient (Wildman–Crippen LogP) is 1.91. The van der Waals surface area contributed by atoms with E-state index in [0.717, 1.165) is 16.5 Å². The number of hydrogen-bond acceptors (Lipinski definition) is 4. The lowest BCUT2D eigenvalue weighted by atomic mass is 9.97. The first-order chi connectivity index (χ1) is 10.6. The molecule has 4 rings (SSSR count). The van der Waals surface area contributed by atoms with Gasteiger partial charge >= 0.3 is 0 Å². The lowest BCUT2D eigenvalue weighted by molar-refractivity contribution is -0.113. The van der Waals surface area contributed by atoms with Gasteiger partial charge in [-0.15, -0.1) is 0 Å². The first-order valence-electron chi connectivity index (χ1n) is 6.85. The highest BCUT2D eigenvalue weighted by Gasteiger charge is 2.34. The van der Waals surface area contributed by atoms with Crippen LogP contribution in [-0.2, 0) is 21.3 Å². The topological polar surface area (TPSA) is 68.5 Å². The molecule has 112 valence electrons. The molecule has 0 amide bonds. The van der Waals surface area contributed by atoms with Crippen LogP contribution in [0.15, 0.2) is 35.3 Å². The van der Waals surface area contributed by atoms with Gasteiger partial charge in [0.25, 0.3) is 0 Å². The first-order valence-corrected chi connectivity index (χ1v) is 8.17. The number of carbonyl (C=O) groups is 1. The molecule has 1 N–H and O–H groups in total. The van der Waals surface area contributed by atoms with Gasteiger partial charge in [-0.2, -0.15) is 4.73 Å². The third kappa shape index (κ3) is 1.64. The molecule has 0 radical (unpaired) electrons. The molecule has 6 heteroatoms. The smallest absolute Gasteiger partial charge is 0.170 e. The SMILES string of the molecule is COn1c2c(c3cc(O)ccc31)CS(=O)C1=C2C(=O)CC=C1. The number of ketones is 1. The van der Waals surface area contributed by atoms with Crippen molar-refractivity contribution in [2.24, 2.45) is 0 Å². The van der Waals surface area contributed by atoms with Crippen molar-refractivity contribution in [3.05, 3.63) is 46.5 Å². The van der Waals surface area contributed by atoms with Crippen LogP contribution in [0.4, 0.5) is 0 Å². The van der Waals surface area contributed by atoms with E-state index in [1.807, 2.05) is 0 Å². The van der Waals surface area contributed by atoms with E-state index in [1.54, 1.807) is 35.1 Å². The Labute approximate surface area is 128 Å². The molecule has 2 heterocycles. The van der Waals surface area contributed by atoms with Crippen LogP contribution in [-0.4, -0.2) is 26.9 Å². The van der Waals surface area contributed by atoms with Gasteiger partial charge in [0.05, 0.1) is 38.2 Å². The van der Waals surface area contributed by atoms with Crippen molar-refractivity contribution in [3.8, 4) is 5.75 Å². The Bertz CT molecular complexity index is 920. The number of phenolic OH excluding ortho intramolecular Hbond substituents is 1. The standard InChI is InChI=1S/C16H13NO4S/c1-21-17-12-6-5-9(18)7-10(12)11-8-22(20)14-4-2-3-13(19)15(14)16(11)17/h2,4-7,18H,3,8H2,1H3. The molecular formula is C16H13NO4S. The van der Waals surface area contributed by atoms with Gasteiger partial charge in [-0.3, -0.25) is 9.00 Å². The molecule has 1 aliphatic heterocycles. The number of aromatic hydroxyl groups is 1. The average Bonchev–Trinajstić information content (AvgIpc) is 2.80. The second-order valence-electron chi connectivity index (χ2n) is 5.26. The number of carbonyl (C=O) groups excluding carboxylic acids is 1. The molecule has 1 unspecified atom stereocenters. The fourth-order valence-electron chi connectivity index (χ4n) is 3.14. The third-order valence-corrected chi connectivity index (χ3v) is 5.43. The van der Waals surface area contributed by atoms with Gasteiger partial charge in [-0.05, 0) is 24.3 Å². The monoisotopic (exact) mass is 315 g/mol. The van der Waals surface area contributed by atoms with Crippen molar-refractivity contribution in [2.45, 2.75) is 12.2 Å². The summed E-state index contributed by atoms with van der Waals surface area (Å²) in [5.74, 6) is 0.378. The second-order valence-corrected chi connectivity index (χ2v) is 6.68. The van der Waals surface area contributed by atoms with Crippen LogP contribution < -0.4 is 4.84 Å². The lowest BCUT2D eigenvalue weighted by Gasteiger charge is -2.21. The number of Topliss-reactive ketones (excluding diaryl/α,β-unsaturated/α-hetero) is 1. The highest BCUT2D eigenvalue weighted by Crippen LogP contribution is 2.41. The van der Waals surface area contributed by atoms with E-state index in [-0.39, 0.29) is 11.5 Å². The Kier molecular flexibility index (Phi) is 2.77. The van der Waals surface area contributed by atoms with Gasteiger partial charge < -0.3 is 9.94 Å². The number of allylic oxidation sites excluding steroid dienone is 3. The summed E-state index contributed by atoms with van der Waals surface area (Å²) in [6.07, 6.45) is 3.81. The van der Waals surface area contributed by atoms with Gasteiger partial charge in [0.15, 0.2) is 5.78 Å². The van der Waals surface area contributed by atoms with Crippen molar-refractivity contribution in [2.75, 3.05) is 7.11 Å². The van der Waals surface area contributed by atoms with Crippen LogP contribution in [0, 0.1) is 0 Å². The van der Waals surface area contributed by atoms with Crippen LogP contribution in [0.3, 0.4) is 0 Å². The van der Waals surface area contributed by atoms with Crippen LogP contribution in [0.2, 0.25) is 0 Å². The molecule has 1 aromatic heterocycles. The van der Waals surface area contributed by atoms with Gasteiger partial charge in [-0.1, -0.05) is 6.08 Å². The number of phenols is 1. The van der Waals surface area contributed by atoms with Crippen molar-refractivity contribution in [3.63, 3.8) is 0 Å². The average molecular weight is 315 g/mol. The Morgan fingerprint density at radius 1 is 1.36 bits per heavy atom. The summed E-state index contributed by atoms with van der Waals surface area (Å²) in [6, 6.07) is 4.92. The minimum absolute atomic E-state index is 0.0582. The Morgan fingerprint density at radius 3 is 2.95 bits per heavy atom. The number of nitrogens with zero attached hydrogens (tertiary/aromatic N) is 1. The van der Waals surface area contributed by atoms with Gasteiger partial charge in [0, 0.05) is 17.4 Å². The molecule has 0 spiro atoms. The van der Waals surface area contributed by atoms with Gasteiger partial charge in [0.1, 0.15) is 12.9 Å². The van der Waals surface area contributed by atoms with E-state index in [4.69, 9.17) is 4.84 Å². The maximum Gasteiger partial charge on any atom is 0.170 e. The Balaban J connectivity index is 2.16. The molecule has 1 aromatic carbocycles. The number of fused-ring (bicyclic) bond motifs is 4. The summed E-state index contributed by atoms with van der Waals surface area (Å²) in [5, 5.41) is 10.5. The highest BCUT2D eigenvalue weighted by atomic mass is 32.2. The van der Waals surface area contributed by atoms with E-state index >= 15 is 0 Å². The van der Waals surface area contributed by atoms with Crippen LogP contribution in [0.25, 0.3) is 16.5 Å². The minimum atomic E-state index is -1.27. The molecule has 2 aromatic rings. The van der Waals surface area contributed by atoms with E-state index in [1.165, 1.54) is 7.11 Å². The fourth-order valence-corrected chi connectivity index (χ4v) is 4.54. The molecule has 1 atom stereocenters. The van der Waals surface area contributed by atoms with Crippen molar-refractivity contribution in [1.29, 1.82) is 0 Å². The Hall–Kier alpha value is -2.34. The van der Waals surface area contributed by atoms with E-state index in [0.29, 0.717) is 28.3 Å². The normalized spacial score (nSPS) is 20.2. The second kappa shape index (κ2) is 4.58.